The molecule has 1 aliphatic carbocycles. The van der Waals surface area contributed by atoms with E-state index in [1.807, 2.05) is 0 Å². The van der Waals surface area contributed by atoms with Gasteiger partial charge in [-0.25, -0.2) is 5.57 Å². The molecule has 2 heteroatoms. The predicted octanol–water partition coefficient (Wildman–Crippen LogP) is 6.48. The van der Waals surface area contributed by atoms with Gasteiger partial charge in [-0.05, 0) is 37.8 Å². The molecule has 0 saturated carbocycles. The molecule has 2 unspecified atom stereocenters. The average Bonchev–Trinajstić information content (AvgIpc) is 2.90. The SMILES string of the molecule is CCc1cc(CC)cc([Si](C)(c2ccc(C)cc2C)C2(C)[C-]=C(C)C(C)=C2C)c1.[Ti]. The maximum absolute atomic E-state index is 3.99. The minimum atomic E-state index is -2.19. The summed E-state index contributed by atoms with van der Waals surface area (Å²) in [4.78, 5) is 0. The largest absolute Gasteiger partial charge is 0.265 e. The maximum atomic E-state index is 3.99. The summed E-state index contributed by atoms with van der Waals surface area (Å²) in [6, 6.07) is 14.5. The molecule has 2 aromatic rings. The molecule has 0 spiro atoms. The van der Waals surface area contributed by atoms with Crippen LogP contribution in [0.5, 0.6) is 0 Å². The zero-order chi connectivity index (χ0) is 21.6. The van der Waals surface area contributed by atoms with Crippen LogP contribution in [0.3, 0.4) is 0 Å². The van der Waals surface area contributed by atoms with E-state index in [1.165, 1.54) is 39.0 Å². The monoisotopic (exact) mass is 449 g/mol. The van der Waals surface area contributed by atoms with Crippen LogP contribution >= 0.6 is 0 Å². The third kappa shape index (κ3) is 3.90. The smallest absolute Gasteiger partial charge is 0.110 e. The molecule has 3 rings (SSSR count). The molecule has 158 valence electrons. The summed E-state index contributed by atoms with van der Waals surface area (Å²) in [7, 11) is -2.19. The summed E-state index contributed by atoms with van der Waals surface area (Å²) in [6.45, 7) is 21.0. The molecule has 2 atom stereocenters. The Labute approximate surface area is 200 Å². The Morgan fingerprint density at radius 2 is 1.43 bits per heavy atom. The van der Waals surface area contributed by atoms with Crippen LogP contribution in [0, 0.1) is 19.9 Å². The van der Waals surface area contributed by atoms with Crippen LogP contribution in [0.4, 0.5) is 0 Å². The fourth-order valence-electron chi connectivity index (χ4n) is 5.27. The molecule has 2 aromatic carbocycles. The molecule has 0 aromatic heterocycles. The van der Waals surface area contributed by atoms with Crippen molar-refractivity contribution in [2.75, 3.05) is 0 Å². The normalized spacial score (nSPS) is 20.6. The molecule has 0 bridgehead atoms. The number of hydrogen-bond donors (Lipinski definition) is 0. The maximum Gasteiger partial charge on any atom is 0.110 e. The van der Waals surface area contributed by atoms with Gasteiger partial charge in [-0.3, -0.25) is 6.08 Å². The van der Waals surface area contributed by atoms with Crippen LogP contribution in [0.15, 0.2) is 53.1 Å². The van der Waals surface area contributed by atoms with Crippen LogP contribution in [-0.2, 0) is 34.6 Å². The number of aryl methyl sites for hydroxylation is 4. The Hall–Kier alpha value is -1.15. The van der Waals surface area contributed by atoms with E-state index in [2.05, 4.69) is 104 Å². The second-order valence-corrected chi connectivity index (χ2v) is 13.7. The van der Waals surface area contributed by atoms with E-state index in [9.17, 15) is 0 Å². The molecular weight excluding hydrogens is 412 g/mol. The number of rotatable bonds is 5. The molecule has 0 heterocycles. The minimum absolute atomic E-state index is 0. The summed E-state index contributed by atoms with van der Waals surface area (Å²) >= 11 is 0. The van der Waals surface area contributed by atoms with Gasteiger partial charge in [-0.2, -0.15) is 11.1 Å². The second kappa shape index (κ2) is 9.15. The van der Waals surface area contributed by atoms with Crippen LogP contribution in [-0.4, -0.2) is 8.07 Å². The molecule has 0 fully saturated rings. The van der Waals surface area contributed by atoms with E-state index in [4.69, 9.17) is 0 Å². The molecular formula is C28H37SiTi-. The molecule has 0 aliphatic heterocycles. The topological polar surface area (TPSA) is 0 Å². The van der Waals surface area contributed by atoms with E-state index in [0.717, 1.165) is 12.8 Å². The van der Waals surface area contributed by atoms with Gasteiger partial charge in [0, 0.05) is 21.7 Å². The van der Waals surface area contributed by atoms with Gasteiger partial charge in [-0.1, -0.05) is 104 Å². The predicted molar refractivity (Wildman–Crippen MR) is 131 cm³/mol. The van der Waals surface area contributed by atoms with Crippen molar-refractivity contribution in [1.29, 1.82) is 0 Å². The van der Waals surface area contributed by atoms with E-state index in [0.29, 0.717) is 0 Å². The van der Waals surface area contributed by atoms with Gasteiger partial charge in [0.1, 0.15) is 8.07 Å². The van der Waals surface area contributed by atoms with Gasteiger partial charge in [0.2, 0.25) is 0 Å². The molecule has 1 aliphatic rings. The quantitative estimate of drug-likeness (QED) is 0.362. The van der Waals surface area contributed by atoms with Crippen molar-refractivity contribution >= 4 is 18.4 Å². The number of benzene rings is 2. The van der Waals surface area contributed by atoms with E-state index in [1.54, 1.807) is 10.4 Å². The van der Waals surface area contributed by atoms with E-state index < -0.39 is 8.07 Å². The Balaban J connectivity index is 0.00000320. The van der Waals surface area contributed by atoms with Gasteiger partial charge in [0.15, 0.2) is 0 Å². The number of hydrogen-bond acceptors (Lipinski definition) is 0. The standard InChI is InChI=1S/C28H37Si.Ti/c1-10-24-15-25(11-2)17-26(16-24)29(9,27-13-12-19(3)14-20(27)4)28(8)18-21(5)22(6)23(28)7;/h12-17H,10-11H2,1-9H3;/q-1;. The summed E-state index contributed by atoms with van der Waals surface area (Å²) in [5, 5.41) is 3.06. The number of allylic oxidation sites excluding steroid dienone is 4. The Kier molecular flexibility index (Phi) is 7.66. The van der Waals surface area contributed by atoms with Crippen LogP contribution < -0.4 is 10.4 Å². The van der Waals surface area contributed by atoms with Crippen LogP contribution in [0.1, 0.15) is 63.8 Å². The van der Waals surface area contributed by atoms with Gasteiger partial charge in [-0.15, -0.1) is 6.92 Å². The van der Waals surface area contributed by atoms with Gasteiger partial charge >= 0.3 is 0 Å². The minimum Gasteiger partial charge on any atom is -0.265 e. The Morgan fingerprint density at radius 3 is 1.87 bits per heavy atom. The first-order valence-electron chi connectivity index (χ1n) is 11.1. The molecule has 0 N–H and O–H groups in total. The summed E-state index contributed by atoms with van der Waals surface area (Å²) in [6.07, 6.45) is 6.16. The first-order chi connectivity index (χ1) is 13.6. The molecule has 0 nitrogen and oxygen atoms in total. The zero-order valence-electron chi connectivity index (χ0n) is 20.4. The summed E-state index contributed by atoms with van der Waals surface area (Å²) in [5.41, 5.74) is 9.96. The van der Waals surface area contributed by atoms with Crippen molar-refractivity contribution in [1.82, 2.24) is 0 Å². The van der Waals surface area contributed by atoms with Crippen molar-refractivity contribution in [3.63, 3.8) is 0 Å². The van der Waals surface area contributed by atoms with Crippen molar-refractivity contribution in [3.05, 3.63) is 81.4 Å². The molecule has 30 heavy (non-hydrogen) atoms. The van der Waals surface area contributed by atoms with E-state index >= 15 is 0 Å². The zero-order valence-corrected chi connectivity index (χ0v) is 22.9. The van der Waals surface area contributed by atoms with Gasteiger partial charge < -0.3 is 0 Å². The fraction of sp³-hybridized carbons (Fsp3) is 0.429. The Morgan fingerprint density at radius 1 is 0.867 bits per heavy atom. The van der Waals surface area contributed by atoms with Crippen molar-refractivity contribution in [3.8, 4) is 0 Å². The van der Waals surface area contributed by atoms with Crippen LogP contribution in [0.2, 0.25) is 11.6 Å². The average molecular weight is 450 g/mol. The van der Waals surface area contributed by atoms with Gasteiger partial charge in [0.05, 0.1) is 0 Å². The molecule has 0 radical (unpaired) electrons. The third-order valence-electron chi connectivity index (χ3n) is 7.68. The molecule has 0 saturated heterocycles. The molecule has 0 amide bonds. The van der Waals surface area contributed by atoms with Crippen molar-refractivity contribution < 1.29 is 21.7 Å². The van der Waals surface area contributed by atoms with Crippen LogP contribution in [0.25, 0.3) is 0 Å². The second-order valence-electron chi connectivity index (χ2n) is 9.31. The fourth-order valence-corrected chi connectivity index (χ4v) is 10.3. The van der Waals surface area contributed by atoms with Gasteiger partial charge in [0.25, 0.3) is 0 Å². The first-order valence-corrected chi connectivity index (χ1v) is 13.6. The Bertz CT molecular complexity index is 991. The summed E-state index contributed by atoms with van der Waals surface area (Å²) in [5.74, 6) is 0. The van der Waals surface area contributed by atoms with Crippen molar-refractivity contribution in [2.24, 2.45) is 0 Å². The third-order valence-corrected chi connectivity index (χ3v) is 13.3. The first kappa shape index (κ1) is 25.1. The van der Waals surface area contributed by atoms with E-state index in [-0.39, 0.29) is 26.8 Å². The summed E-state index contributed by atoms with van der Waals surface area (Å²) < 4.78 is 0. The van der Waals surface area contributed by atoms with Crippen molar-refractivity contribution in [2.45, 2.75) is 79.8 Å².